The predicted molar refractivity (Wildman–Crippen MR) is 87.2 cm³/mol. The van der Waals surface area contributed by atoms with Crippen LogP contribution in [0.1, 0.15) is 38.7 Å². The Morgan fingerprint density at radius 1 is 1.25 bits per heavy atom. The van der Waals surface area contributed by atoms with Gasteiger partial charge in [0.15, 0.2) is 0 Å². The van der Waals surface area contributed by atoms with E-state index in [1.165, 1.54) is 12.0 Å². The summed E-state index contributed by atoms with van der Waals surface area (Å²) in [6.45, 7) is 4.33. The van der Waals surface area contributed by atoms with Crippen molar-refractivity contribution in [1.82, 2.24) is 4.90 Å². The number of carbonyl (C=O) groups is 1. The number of piperidine rings is 1. The first-order valence-electron chi connectivity index (χ1n) is 7.21. The molecule has 1 saturated heterocycles. The second-order valence-electron chi connectivity index (χ2n) is 5.55. The second kappa shape index (κ2) is 7.37. The van der Waals surface area contributed by atoms with Crippen LogP contribution in [0.25, 0.3) is 0 Å². The highest BCUT2D eigenvalue weighted by atomic mass is 35.5. The molecular weight excluding hydrogens is 290 g/mol. The molecule has 1 amide bonds. The number of nitrogens with zero attached hydrogens (tertiary/aromatic N) is 1. The monoisotopic (exact) mass is 311 g/mol. The van der Waals surface area contributed by atoms with Crippen molar-refractivity contribution in [2.24, 2.45) is 0 Å². The molecule has 2 rings (SSSR count). The topological polar surface area (TPSA) is 20.3 Å². The Kier molecular flexibility index (Phi) is 5.79. The van der Waals surface area contributed by atoms with Gasteiger partial charge < -0.3 is 4.90 Å². The molecule has 1 heterocycles. The van der Waals surface area contributed by atoms with Crippen molar-refractivity contribution >= 4 is 29.3 Å². The lowest BCUT2D eigenvalue weighted by Gasteiger charge is -2.39. The van der Waals surface area contributed by atoms with Crippen LogP contribution in [0.3, 0.4) is 0 Å². The van der Waals surface area contributed by atoms with Crippen LogP contribution >= 0.6 is 23.4 Å². The summed E-state index contributed by atoms with van der Waals surface area (Å²) in [5.74, 6) is 1.71. The van der Waals surface area contributed by atoms with Gasteiger partial charge in [-0.3, -0.25) is 4.79 Å². The van der Waals surface area contributed by atoms with Crippen LogP contribution in [0.15, 0.2) is 24.3 Å². The van der Waals surface area contributed by atoms with Crippen LogP contribution in [0, 0.1) is 0 Å². The smallest absolute Gasteiger partial charge is 0.233 e. The summed E-state index contributed by atoms with van der Waals surface area (Å²) in [4.78, 5) is 14.4. The zero-order valence-electron chi connectivity index (χ0n) is 12.1. The van der Waals surface area contributed by atoms with Gasteiger partial charge >= 0.3 is 0 Å². The zero-order chi connectivity index (χ0) is 14.5. The van der Waals surface area contributed by atoms with Crippen molar-refractivity contribution in [2.45, 2.75) is 50.9 Å². The normalized spacial score (nSPS) is 22.9. The summed E-state index contributed by atoms with van der Waals surface area (Å²) in [6, 6.07) is 8.62. The highest BCUT2D eigenvalue weighted by molar-refractivity contribution is 7.99. The van der Waals surface area contributed by atoms with Crippen LogP contribution in [-0.2, 0) is 10.5 Å². The van der Waals surface area contributed by atoms with Crippen LogP contribution < -0.4 is 0 Å². The molecule has 2 nitrogen and oxygen atoms in total. The van der Waals surface area contributed by atoms with Gasteiger partial charge in [0.2, 0.25) is 5.91 Å². The minimum Gasteiger partial charge on any atom is -0.337 e. The molecule has 1 aromatic carbocycles. The number of likely N-dealkylation sites (tertiary alicyclic amines) is 1. The fourth-order valence-corrected chi connectivity index (χ4v) is 3.80. The molecule has 0 radical (unpaired) electrons. The summed E-state index contributed by atoms with van der Waals surface area (Å²) in [5.41, 5.74) is 1.21. The number of hydrogen-bond acceptors (Lipinski definition) is 2. The average Bonchev–Trinajstić information content (AvgIpc) is 2.41. The van der Waals surface area contributed by atoms with Gasteiger partial charge in [0.05, 0.1) is 5.75 Å². The Morgan fingerprint density at radius 3 is 2.45 bits per heavy atom. The molecule has 0 N–H and O–H groups in total. The lowest BCUT2D eigenvalue weighted by molar-refractivity contribution is -0.134. The number of thioether (sulfide) groups is 1. The van der Waals surface area contributed by atoms with Gasteiger partial charge in [0, 0.05) is 22.9 Å². The van der Waals surface area contributed by atoms with Gasteiger partial charge in [0.1, 0.15) is 0 Å². The highest BCUT2D eigenvalue weighted by Crippen LogP contribution is 2.24. The molecule has 1 fully saturated rings. The van der Waals surface area contributed by atoms with E-state index < -0.39 is 0 Å². The minimum absolute atomic E-state index is 0.281. The Bertz CT molecular complexity index is 438. The molecule has 4 heteroatoms. The summed E-state index contributed by atoms with van der Waals surface area (Å²) in [5, 5.41) is 0.755. The number of hydrogen-bond donors (Lipinski definition) is 0. The molecule has 1 aromatic rings. The van der Waals surface area contributed by atoms with E-state index in [0.29, 0.717) is 17.8 Å². The molecule has 0 unspecified atom stereocenters. The molecule has 1 aliphatic rings. The van der Waals surface area contributed by atoms with Gasteiger partial charge in [-0.15, -0.1) is 11.8 Å². The summed E-state index contributed by atoms with van der Waals surface area (Å²) in [6.07, 6.45) is 3.51. The molecule has 0 saturated carbocycles. The van der Waals surface area contributed by atoms with E-state index in [0.717, 1.165) is 23.6 Å². The van der Waals surface area contributed by atoms with E-state index in [4.69, 9.17) is 11.6 Å². The van der Waals surface area contributed by atoms with E-state index in [-0.39, 0.29) is 5.91 Å². The second-order valence-corrected chi connectivity index (χ2v) is 6.97. The molecule has 1 aliphatic heterocycles. The van der Waals surface area contributed by atoms with Crippen molar-refractivity contribution in [3.05, 3.63) is 34.9 Å². The van der Waals surface area contributed by atoms with Gasteiger partial charge in [-0.1, -0.05) is 23.7 Å². The summed E-state index contributed by atoms with van der Waals surface area (Å²) >= 11 is 7.55. The maximum Gasteiger partial charge on any atom is 0.233 e. The Morgan fingerprint density at radius 2 is 1.85 bits per heavy atom. The fourth-order valence-electron chi connectivity index (χ4n) is 2.82. The van der Waals surface area contributed by atoms with Crippen molar-refractivity contribution in [2.75, 3.05) is 5.75 Å². The van der Waals surface area contributed by atoms with Crippen molar-refractivity contribution in [3.8, 4) is 0 Å². The molecular formula is C16H22ClNOS. The first-order chi connectivity index (χ1) is 9.58. The third-order valence-corrected chi connectivity index (χ3v) is 5.13. The van der Waals surface area contributed by atoms with E-state index >= 15 is 0 Å². The first-order valence-corrected chi connectivity index (χ1v) is 8.74. The molecule has 20 heavy (non-hydrogen) atoms. The molecule has 110 valence electrons. The maximum absolute atomic E-state index is 12.3. The number of benzene rings is 1. The van der Waals surface area contributed by atoms with Crippen molar-refractivity contribution in [1.29, 1.82) is 0 Å². The van der Waals surface area contributed by atoms with E-state index in [2.05, 4.69) is 18.7 Å². The van der Waals surface area contributed by atoms with Crippen molar-refractivity contribution < 1.29 is 4.79 Å². The quantitative estimate of drug-likeness (QED) is 0.823. The Hall–Kier alpha value is -0.670. The Labute approximate surface area is 130 Å². The van der Waals surface area contributed by atoms with Crippen LogP contribution in [0.2, 0.25) is 5.02 Å². The lowest BCUT2D eigenvalue weighted by atomic mass is 9.98. The predicted octanol–water partition coefficient (Wildman–Crippen LogP) is 4.36. The molecule has 0 bridgehead atoms. The third kappa shape index (κ3) is 4.16. The lowest BCUT2D eigenvalue weighted by Crippen LogP contribution is -2.48. The van der Waals surface area contributed by atoms with Crippen molar-refractivity contribution in [3.63, 3.8) is 0 Å². The average molecular weight is 312 g/mol. The maximum atomic E-state index is 12.3. The Balaban J connectivity index is 1.81. The van der Waals surface area contributed by atoms with Gasteiger partial charge in [-0.2, -0.15) is 0 Å². The molecule has 0 aliphatic carbocycles. The van der Waals surface area contributed by atoms with E-state index in [1.807, 2.05) is 24.3 Å². The van der Waals surface area contributed by atoms with E-state index in [9.17, 15) is 4.79 Å². The molecule has 0 spiro atoms. The number of rotatable bonds is 4. The van der Waals surface area contributed by atoms with E-state index in [1.54, 1.807) is 11.8 Å². The number of halogens is 1. The van der Waals surface area contributed by atoms with Gasteiger partial charge in [0.25, 0.3) is 0 Å². The van der Waals surface area contributed by atoms with Gasteiger partial charge in [-0.05, 0) is 50.8 Å². The van der Waals surface area contributed by atoms with Crippen LogP contribution in [-0.4, -0.2) is 28.6 Å². The summed E-state index contributed by atoms with van der Waals surface area (Å²) in [7, 11) is 0. The fraction of sp³-hybridized carbons (Fsp3) is 0.562. The van der Waals surface area contributed by atoms with Gasteiger partial charge in [-0.25, -0.2) is 0 Å². The minimum atomic E-state index is 0.281. The number of amides is 1. The van der Waals surface area contributed by atoms with Crippen LogP contribution in [0.4, 0.5) is 0 Å². The third-order valence-electron chi connectivity index (χ3n) is 3.89. The van der Waals surface area contributed by atoms with Crippen LogP contribution in [0.5, 0.6) is 0 Å². The first kappa shape index (κ1) is 15.7. The zero-order valence-corrected chi connectivity index (χ0v) is 13.7. The molecule has 2 atom stereocenters. The number of carbonyl (C=O) groups excluding carboxylic acids is 1. The SMILES string of the molecule is C[C@@H]1CCC[C@@H](C)N1C(=O)CSCc1ccc(Cl)cc1. The molecule has 0 aromatic heterocycles. The largest absolute Gasteiger partial charge is 0.337 e. The highest BCUT2D eigenvalue weighted by Gasteiger charge is 2.28. The summed E-state index contributed by atoms with van der Waals surface area (Å²) < 4.78 is 0. The standard InChI is InChI=1S/C16H22ClNOS/c1-12-4-3-5-13(2)18(12)16(19)11-20-10-14-6-8-15(17)9-7-14/h6-9,12-13H,3-5,10-11H2,1-2H3/t12-,13-/m1/s1.